The summed E-state index contributed by atoms with van der Waals surface area (Å²) in [5.74, 6) is -4.60. The molecule has 0 aliphatic carbocycles. The lowest BCUT2D eigenvalue weighted by Gasteiger charge is -2.22. The number of carboxylic acid groups (broad SMARTS) is 3. The highest BCUT2D eigenvalue weighted by Gasteiger charge is 2.40. The van der Waals surface area contributed by atoms with Gasteiger partial charge in [0.15, 0.2) is 5.60 Å². The number of methoxy groups -OCH3 is 1. The molecule has 0 aliphatic rings. The van der Waals surface area contributed by atoms with E-state index < -0.39 is 36.4 Å². The van der Waals surface area contributed by atoms with Crippen molar-refractivity contribution >= 4 is 34.7 Å². The van der Waals surface area contributed by atoms with Gasteiger partial charge in [0.2, 0.25) is 5.91 Å². The maximum absolute atomic E-state index is 11.6. The SMILES string of the molecule is COc1ccc2c(c1)c(CN(Cc1ccncc1)Cc1ccc(C)cc1)cn2CC(N)=O.O=C(O)CC(O)(CC(=O)O)C(=O)O. The molecule has 1 amide bonds. The van der Waals surface area contributed by atoms with Gasteiger partial charge in [0.05, 0.1) is 20.0 Å². The van der Waals surface area contributed by atoms with E-state index in [9.17, 15) is 19.2 Å². The molecule has 13 heteroatoms. The molecule has 0 unspecified atom stereocenters. The second kappa shape index (κ2) is 15.5. The number of benzene rings is 2. The Morgan fingerprint density at radius 3 is 1.98 bits per heavy atom. The van der Waals surface area contributed by atoms with Crippen molar-refractivity contribution in [3.63, 3.8) is 0 Å². The largest absolute Gasteiger partial charge is 0.497 e. The summed E-state index contributed by atoms with van der Waals surface area (Å²) < 4.78 is 7.37. The summed E-state index contributed by atoms with van der Waals surface area (Å²) >= 11 is 0. The van der Waals surface area contributed by atoms with Crippen LogP contribution in [0.25, 0.3) is 10.9 Å². The van der Waals surface area contributed by atoms with E-state index >= 15 is 0 Å². The number of hydrogen-bond acceptors (Lipinski definition) is 8. The van der Waals surface area contributed by atoms with Crippen LogP contribution in [-0.2, 0) is 45.4 Å². The van der Waals surface area contributed by atoms with Crippen LogP contribution >= 0.6 is 0 Å². The van der Waals surface area contributed by atoms with Crippen LogP contribution in [0.5, 0.6) is 5.75 Å². The van der Waals surface area contributed by atoms with Gasteiger partial charge in [0, 0.05) is 49.1 Å². The van der Waals surface area contributed by atoms with E-state index in [-0.39, 0.29) is 12.5 Å². The van der Waals surface area contributed by atoms with Crippen molar-refractivity contribution in [3.05, 3.63) is 95.4 Å². The lowest BCUT2D eigenvalue weighted by atomic mass is 9.96. The highest BCUT2D eigenvalue weighted by Crippen LogP contribution is 2.28. The molecular weight excluding hydrogens is 584 g/mol. The standard InChI is InChI=1S/C26H28N4O2.C6H8O7/c1-19-3-5-20(6-4-19)14-29(15-21-9-11-28-12-10-21)16-22-17-30(18-26(27)31)25-8-7-23(32-2)13-24(22)25;7-3(8)1-6(13,5(11)12)2-4(9)10/h3-13,17H,14-16,18H2,1-2H3,(H2,27,31);13H,1-2H2,(H,7,8)(H,9,10)(H,11,12). The van der Waals surface area contributed by atoms with Crippen molar-refractivity contribution < 1.29 is 44.3 Å². The number of carboxylic acids is 3. The zero-order valence-corrected chi connectivity index (χ0v) is 24.9. The number of fused-ring (bicyclic) bond motifs is 1. The van der Waals surface area contributed by atoms with Crippen molar-refractivity contribution in [2.75, 3.05) is 7.11 Å². The van der Waals surface area contributed by atoms with E-state index in [0.717, 1.165) is 35.3 Å². The van der Waals surface area contributed by atoms with Crippen molar-refractivity contribution in [3.8, 4) is 5.75 Å². The number of ether oxygens (including phenoxy) is 1. The minimum atomic E-state index is -2.74. The number of nitrogens with zero attached hydrogens (tertiary/aromatic N) is 3. The third kappa shape index (κ3) is 10.2. The minimum Gasteiger partial charge on any atom is -0.497 e. The molecule has 0 aliphatic heterocycles. The molecule has 0 saturated carbocycles. The number of rotatable bonds is 14. The summed E-state index contributed by atoms with van der Waals surface area (Å²) in [5.41, 5.74) is 8.56. The molecule has 0 fully saturated rings. The fraction of sp³-hybridized carbons (Fsp3) is 0.281. The first-order valence-electron chi connectivity index (χ1n) is 13.8. The highest BCUT2D eigenvalue weighted by atomic mass is 16.5. The lowest BCUT2D eigenvalue weighted by molar-refractivity contribution is -0.170. The predicted molar refractivity (Wildman–Crippen MR) is 163 cm³/mol. The number of carbonyl (C=O) groups is 4. The van der Waals surface area contributed by atoms with Crippen molar-refractivity contribution in [1.82, 2.24) is 14.5 Å². The van der Waals surface area contributed by atoms with E-state index in [4.69, 9.17) is 30.9 Å². The maximum Gasteiger partial charge on any atom is 0.336 e. The summed E-state index contributed by atoms with van der Waals surface area (Å²) in [4.78, 5) is 48.7. The van der Waals surface area contributed by atoms with Crippen LogP contribution in [0.15, 0.2) is 73.2 Å². The minimum absolute atomic E-state index is 0.144. The molecule has 6 N–H and O–H groups in total. The van der Waals surface area contributed by atoms with E-state index in [1.165, 1.54) is 16.7 Å². The van der Waals surface area contributed by atoms with Gasteiger partial charge in [0.1, 0.15) is 12.3 Å². The second-order valence-electron chi connectivity index (χ2n) is 10.6. The van der Waals surface area contributed by atoms with E-state index in [0.29, 0.717) is 6.54 Å². The quantitative estimate of drug-likeness (QED) is 0.139. The molecule has 0 saturated heterocycles. The average molecular weight is 621 g/mol. The van der Waals surface area contributed by atoms with Crippen LogP contribution in [0.3, 0.4) is 0 Å². The first-order chi connectivity index (χ1) is 21.3. The summed E-state index contributed by atoms with van der Waals surface area (Å²) in [7, 11) is 1.66. The average Bonchev–Trinajstić information content (AvgIpc) is 3.29. The number of pyridine rings is 1. The third-order valence-electron chi connectivity index (χ3n) is 6.86. The lowest BCUT2D eigenvalue weighted by Crippen LogP contribution is -2.42. The Kier molecular flexibility index (Phi) is 11.8. The molecule has 4 rings (SSSR count). The molecule has 238 valence electrons. The fourth-order valence-electron chi connectivity index (χ4n) is 4.72. The molecule has 0 radical (unpaired) electrons. The Hall–Kier alpha value is -5.27. The molecule has 13 nitrogen and oxygen atoms in total. The van der Waals surface area contributed by atoms with E-state index in [1.54, 1.807) is 7.11 Å². The highest BCUT2D eigenvalue weighted by molar-refractivity contribution is 5.88. The van der Waals surface area contributed by atoms with Crippen LogP contribution in [0.2, 0.25) is 0 Å². The molecule has 0 spiro atoms. The zero-order chi connectivity index (χ0) is 33.1. The van der Waals surface area contributed by atoms with Gasteiger partial charge in [-0.2, -0.15) is 0 Å². The molecule has 2 heterocycles. The van der Waals surface area contributed by atoms with E-state index in [1.807, 2.05) is 53.5 Å². The summed E-state index contributed by atoms with van der Waals surface area (Å²) in [6.45, 7) is 4.54. The fourth-order valence-corrected chi connectivity index (χ4v) is 4.72. The number of hydrogen-bond donors (Lipinski definition) is 5. The van der Waals surface area contributed by atoms with Crippen LogP contribution in [-0.4, -0.2) is 71.4 Å². The van der Waals surface area contributed by atoms with Gasteiger partial charge in [0.25, 0.3) is 0 Å². The molecule has 45 heavy (non-hydrogen) atoms. The number of nitrogens with two attached hydrogens (primary N) is 1. The molecule has 0 atom stereocenters. The normalized spacial score (nSPS) is 11.1. The molecule has 4 aromatic rings. The first kappa shape index (κ1) is 34.2. The van der Waals surface area contributed by atoms with Crippen molar-refractivity contribution in [2.24, 2.45) is 5.73 Å². The van der Waals surface area contributed by atoms with Gasteiger partial charge >= 0.3 is 17.9 Å². The van der Waals surface area contributed by atoms with Crippen molar-refractivity contribution in [2.45, 2.75) is 51.5 Å². The number of amides is 1. The van der Waals surface area contributed by atoms with Gasteiger partial charge in [-0.25, -0.2) is 4.79 Å². The topological polar surface area (TPSA) is 206 Å². The Morgan fingerprint density at radius 1 is 0.889 bits per heavy atom. The van der Waals surface area contributed by atoms with Gasteiger partial charge in [-0.3, -0.25) is 24.3 Å². The number of aryl methyl sites for hydroxylation is 1. The molecular formula is C32H36N4O9. The number of primary amides is 1. The predicted octanol–water partition coefficient (Wildman–Crippen LogP) is 2.79. The Morgan fingerprint density at radius 2 is 1.47 bits per heavy atom. The monoisotopic (exact) mass is 620 g/mol. The first-order valence-corrected chi connectivity index (χ1v) is 13.8. The summed E-state index contributed by atoms with van der Waals surface area (Å²) in [6.07, 6.45) is 3.39. The zero-order valence-electron chi connectivity index (χ0n) is 24.9. The maximum atomic E-state index is 11.6. The third-order valence-corrected chi connectivity index (χ3v) is 6.86. The van der Waals surface area contributed by atoms with Crippen molar-refractivity contribution in [1.29, 1.82) is 0 Å². The number of aliphatic carboxylic acids is 3. The Bertz CT molecular complexity index is 1620. The summed E-state index contributed by atoms with van der Waals surface area (Å²) in [6, 6.07) is 18.6. The van der Waals surface area contributed by atoms with Gasteiger partial charge in [-0.05, 0) is 53.9 Å². The second-order valence-corrected chi connectivity index (χ2v) is 10.6. The smallest absolute Gasteiger partial charge is 0.336 e. The molecule has 2 aromatic carbocycles. The van der Waals surface area contributed by atoms with Crippen LogP contribution in [0, 0.1) is 6.92 Å². The van der Waals surface area contributed by atoms with Gasteiger partial charge in [-0.15, -0.1) is 0 Å². The molecule has 2 aromatic heterocycles. The summed E-state index contributed by atoms with van der Waals surface area (Å²) in [5, 5.41) is 34.9. The number of aromatic nitrogens is 2. The van der Waals surface area contributed by atoms with Crippen LogP contribution < -0.4 is 10.5 Å². The number of aliphatic hydroxyl groups is 1. The van der Waals surface area contributed by atoms with E-state index in [2.05, 4.69) is 41.1 Å². The van der Waals surface area contributed by atoms with Gasteiger partial charge < -0.3 is 35.5 Å². The van der Waals surface area contributed by atoms with Crippen LogP contribution in [0.1, 0.15) is 35.1 Å². The van der Waals surface area contributed by atoms with Gasteiger partial charge in [-0.1, -0.05) is 29.8 Å². The Labute approximate surface area is 259 Å². The molecule has 0 bridgehead atoms. The number of carbonyl (C=O) groups excluding carboxylic acids is 1. The Balaban J connectivity index is 0.000000360. The van der Waals surface area contributed by atoms with Crippen LogP contribution in [0.4, 0.5) is 0 Å².